The average molecular weight is 316 g/mol. The van der Waals surface area contributed by atoms with Gasteiger partial charge in [0.1, 0.15) is 11.8 Å². The summed E-state index contributed by atoms with van der Waals surface area (Å²) < 4.78 is 10.1. The van der Waals surface area contributed by atoms with E-state index < -0.39 is 5.97 Å². The third kappa shape index (κ3) is 6.22. The molecule has 6 heteroatoms. The fourth-order valence-electron chi connectivity index (χ4n) is 1.80. The molecule has 0 saturated carbocycles. The van der Waals surface area contributed by atoms with Gasteiger partial charge in [-0.15, -0.1) is 0 Å². The lowest BCUT2D eigenvalue weighted by atomic mass is 10.2. The van der Waals surface area contributed by atoms with E-state index in [2.05, 4.69) is 6.58 Å². The van der Waals surface area contributed by atoms with Crippen molar-refractivity contribution in [1.82, 2.24) is 4.90 Å². The first-order valence-electron chi connectivity index (χ1n) is 7.17. The summed E-state index contributed by atoms with van der Waals surface area (Å²) >= 11 is 0. The van der Waals surface area contributed by atoms with Gasteiger partial charge in [0, 0.05) is 13.1 Å². The molecule has 0 fully saturated rings. The van der Waals surface area contributed by atoms with Crippen LogP contribution in [0.5, 0.6) is 5.75 Å². The van der Waals surface area contributed by atoms with Crippen LogP contribution >= 0.6 is 0 Å². The summed E-state index contributed by atoms with van der Waals surface area (Å²) in [5.41, 5.74) is 1.18. The number of carbonyl (C=O) groups excluding carboxylic acids is 2. The van der Waals surface area contributed by atoms with E-state index in [-0.39, 0.29) is 19.1 Å². The van der Waals surface area contributed by atoms with Gasteiger partial charge >= 0.3 is 5.97 Å². The van der Waals surface area contributed by atoms with Crippen LogP contribution in [0.1, 0.15) is 19.4 Å². The van der Waals surface area contributed by atoms with Crippen molar-refractivity contribution < 1.29 is 19.1 Å². The number of ether oxygens (including phenoxy) is 2. The minimum atomic E-state index is -0.669. The maximum absolute atomic E-state index is 11.9. The van der Waals surface area contributed by atoms with Crippen LogP contribution in [-0.4, -0.2) is 43.1 Å². The number of hydrogen-bond donors (Lipinski definition) is 0. The quantitative estimate of drug-likeness (QED) is 0.540. The average Bonchev–Trinajstić information content (AvgIpc) is 2.55. The molecule has 0 aliphatic carbocycles. The number of likely N-dealkylation sites (N-methyl/N-ethyl adjacent to an activating group) is 1. The standard InChI is InChI=1S/C17H20N2O4/c1-4-19(10-13(2)3)16(20)11-23-17(21)12-22-15-8-6-5-7-14(15)9-18/h5-8H,2,4,10-12H2,1,3H3. The molecule has 1 rings (SSSR count). The van der Waals surface area contributed by atoms with E-state index in [1.165, 1.54) is 0 Å². The van der Waals surface area contributed by atoms with Gasteiger partial charge in [-0.3, -0.25) is 4.79 Å². The molecule has 0 atom stereocenters. The molecule has 0 spiro atoms. The second-order valence-electron chi connectivity index (χ2n) is 4.92. The van der Waals surface area contributed by atoms with Crippen LogP contribution < -0.4 is 4.74 Å². The van der Waals surface area contributed by atoms with Crippen LogP contribution in [0.2, 0.25) is 0 Å². The van der Waals surface area contributed by atoms with Crippen molar-refractivity contribution in [2.24, 2.45) is 0 Å². The van der Waals surface area contributed by atoms with Gasteiger partial charge in [0.05, 0.1) is 5.56 Å². The zero-order valence-electron chi connectivity index (χ0n) is 13.4. The van der Waals surface area contributed by atoms with Crippen LogP contribution in [0.3, 0.4) is 0 Å². The summed E-state index contributed by atoms with van der Waals surface area (Å²) in [4.78, 5) is 25.1. The van der Waals surface area contributed by atoms with E-state index in [9.17, 15) is 9.59 Å². The zero-order valence-corrected chi connectivity index (χ0v) is 13.4. The fourth-order valence-corrected chi connectivity index (χ4v) is 1.80. The smallest absolute Gasteiger partial charge is 0.344 e. The van der Waals surface area contributed by atoms with Crippen LogP contribution in [-0.2, 0) is 14.3 Å². The summed E-state index contributed by atoms with van der Waals surface area (Å²) in [5.74, 6) is -0.658. The molecule has 0 bridgehead atoms. The maximum atomic E-state index is 11.9. The van der Waals surface area contributed by atoms with Gasteiger partial charge in [-0.1, -0.05) is 24.3 Å². The summed E-state index contributed by atoms with van der Waals surface area (Å²) in [6.07, 6.45) is 0. The summed E-state index contributed by atoms with van der Waals surface area (Å²) in [6, 6.07) is 8.53. The number of nitrogens with zero attached hydrogens (tertiary/aromatic N) is 2. The highest BCUT2D eigenvalue weighted by Gasteiger charge is 2.15. The Morgan fingerprint density at radius 1 is 1.30 bits per heavy atom. The SMILES string of the molecule is C=C(C)CN(CC)C(=O)COC(=O)COc1ccccc1C#N. The first-order chi connectivity index (χ1) is 11.0. The molecule has 0 unspecified atom stereocenters. The molecular weight excluding hydrogens is 296 g/mol. The molecule has 0 saturated heterocycles. The lowest BCUT2D eigenvalue weighted by molar-refractivity contribution is -0.153. The molecule has 0 aliphatic heterocycles. The van der Waals surface area contributed by atoms with E-state index in [1.54, 1.807) is 29.2 Å². The zero-order chi connectivity index (χ0) is 17.2. The largest absolute Gasteiger partial charge is 0.481 e. The van der Waals surface area contributed by atoms with E-state index in [0.717, 1.165) is 5.57 Å². The molecule has 1 amide bonds. The van der Waals surface area contributed by atoms with Crippen molar-refractivity contribution in [3.63, 3.8) is 0 Å². The van der Waals surface area contributed by atoms with Gasteiger partial charge < -0.3 is 14.4 Å². The van der Waals surface area contributed by atoms with Crippen LogP contribution in [0.4, 0.5) is 0 Å². The van der Waals surface area contributed by atoms with Gasteiger partial charge in [0.2, 0.25) is 0 Å². The fraction of sp³-hybridized carbons (Fsp3) is 0.353. The molecule has 0 aliphatic rings. The van der Waals surface area contributed by atoms with Crippen molar-refractivity contribution >= 4 is 11.9 Å². The predicted octanol–water partition coefficient (Wildman–Crippen LogP) is 1.90. The summed E-state index contributed by atoms with van der Waals surface area (Å²) in [5, 5.41) is 8.92. The van der Waals surface area contributed by atoms with Crippen molar-refractivity contribution in [2.75, 3.05) is 26.3 Å². The molecule has 1 aromatic carbocycles. The predicted molar refractivity (Wildman–Crippen MR) is 84.7 cm³/mol. The van der Waals surface area contributed by atoms with Gasteiger partial charge in [-0.25, -0.2) is 4.79 Å². The van der Waals surface area contributed by atoms with Crippen LogP contribution in [0.15, 0.2) is 36.4 Å². The normalized spacial score (nSPS) is 9.61. The van der Waals surface area contributed by atoms with E-state index in [4.69, 9.17) is 14.7 Å². The highest BCUT2D eigenvalue weighted by molar-refractivity contribution is 5.81. The summed E-state index contributed by atoms with van der Waals surface area (Å²) in [6.45, 7) is 7.64. The third-order valence-electron chi connectivity index (χ3n) is 2.90. The Bertz CT molecular complexity index is 619. The van der Waals surface area contributed by atoms with Gasteiger partial charge in [0.25, 0.3) is 5.91 Å². The maximum Gasteiger partial charge on any atom is 0.344 e. The molecule has 23 heavy (non-hydrogen) atoms. The first-order valence-corrected chi connectivity index (χ1v) is 7.17. The Balaban J connectivity index is 2.44. The van der Waals surface area contributed by atoms with E-state index >= 15 is 0 Å². The molecule has 6 nitrogen and oxygen atoms in total. The third-order valence-corrected chi connectivity index (χ3v) is 2.90. The Morgan fingerprint density at radius 3 is 2.61 bits per heavy atom. The highest BCUT2D eigenvalue weighted by atomic mass is 16.6. The Hall–Kier alpha value is -2.81. The molecule has 0 N–H and O–H groups in total. The monoisotopic (exact) mass is 316 g/mol. The van der Waals surface area contributed by atoms with Crippen LogP contribution in [0, 0.1) is 11.3 Å². The van der Waals surface area contributed by atoms with Gasteiger partial charge in [-0.2, -0.15) is 5.26 Å². The van der Waals surface area contributed by atoms with Crippen molar-refractivity contribution in [1.29, 1.82) is 5.26 Å². The Kier molecular flexibility index (Phi) is 7.34. The number of carbonyl (C=O) groups is 2. The van der Waals surface area contributed by atoms with E-state index in [0.29, 0.717) is 24.4 Å². The number of rotatable bonds is 8. The van der Waals surface area contributed by atoms with Crippen molar-refractivity contribution in [3.8, 4) is 11.8 Å². The van der Waals surface area contributed by atoms with Gasteiger partial charge in [-0.05, 0) is 26.0 Å². The van der Waals surface area contributed by atoms with Crippen molar-refractivity contribution in [3.05, 3.63) is 42.0 Å². The first kappa shape index (κ1) is 18.2. The van der Waals surface area contributed by atoms with Crippen molar-refractivity contribution in [2.45, 2.75) is 13.8 Å². The molecular formula is C17H20N2O4. The lowest BCUT2D eigenvalue weighted by Gasteiger charge is -2.20. The lowest BCUT2D eigenvalue weighted by Crippen LogP contribution is -2.36. The highest BCUT2D eigenvalue weighted by Crippen LogP contribution is 2.16. The second kappa shape index (κ2) is 9.26. The van der Waals surface area contributed by atoms with Crippen LogP contribution in [0.25, 0.3) is 0 Å². The number of para-hydroxylation sites is 1. The second-order valence-corrected chi connectivity index (χ2v) is 4.92. The Labute approximate surface area is 135 Å². The number of benzene rings is 1. The van der Waals surface area contributed by atoms with Gasteiger partial charge in [0.15, 0.2) is 13.2 Å². The molecule has 1 aromatic rings. The molecule has 0 heterocycles. The summed E-state index contributed by atoms with van der Waals surface area (Å²) in [7, 11) is 0. The molecule has 0 radical (unpaired) electrons. The Morgan fingerprint density at radius 2 is 2.00 bits per heavy atom. The number of amides is 1. The topological polar surface area (TPSA) is 79.6 Å². The molecule has 0 aromatic heterocycles. The van der Waals surface area contributed by atoms with E-state index in [1.807, 2.05) is 19.9 Å². The number of hydrogen-bond acceptors (Lipinski definition) is 5. The number of esters is 1. The molecule has 122 valence electrons. The minimum Gasteiger partial charge on any atom is -0.481 e. The minimum absolute atomic E-state index is 0.290. The number of nitriles is 1.